The Balaban J connectivity index is 1.69. The van der Waals surface area contributed by atoms with Gasteiger partial charge in [-0.15, -0.1) is 0 Å². The molecule has 2 aliphatic heterocycles. The van der Waals surface area contributed by atoms with Crippen LogP contribution in [0, 0.1) is 5.92 Å². The van der Waals surface area contributed by atoms with Crippen LogP contribution in [0.4, 0.5) is 0 Å². The average molecular weight is 230 g/mol. The Kier molecular flexibility index (Phi) is 2.77. The standard InChI is InChI=1S/C15H18O2/c1-15-10-13(9-14(17-15)11-16-15)8-7-12-5-3-2-4-6-12/h2-8,13-14H,9-11H2,1H3/b8-7+/t13-,14+,15-/m0/s1. The molecule has 0 N–H and O–H groups in total. The van der Waals surface area contributed by atoms with E-state index in [1.54, 1.807) is 0 Å². The fourth-order valence-corrected chi connectivity index (χ4v) is 2.77. The quantitative estimate of drug-likeness (QED) is 0.776. The van der Waals surface area contributed by atoms with Crippen LogP contribution in [-0.2, 0) is 9.47 Å². The van der Waals surface area contributed by atoms with Crippen molar-refractivity contribution < 1.29 is 9.47 Å². The topological polar surface area (TPSA) is 18.5 Å². The maximum atomic E-state index is 5.81. The van der Waals surface area contributed by atoms with E-state index in [4.69, 9.17) is 9.47 Å². The van der Waals surface area contributed by atoms with Gasteiger partial charge in [0, 0.05) is 6.42 Å². The normalized spacial score (nSPS) is 36.5. The number of benzene rings is 1. The van der Waals surface area contributed by atoms with Gasteiger partial charge in [-0.05, 0) is 24.8 Å². The molecule has 2 heterocycles. The first-order chi connectivity index (χ1) is 8.23. The molecule has 2 heteroatoms. The summed E-state index contributed by atoms with van der Waals surface area (Å²) in [6.07, 6.45) is 6.85. The lowest BCUT2D eigenvalue weighted by atomic mass is 9.91. The van der Waals surface area contributed by atoms with Crippen molar-refractivity contribution in [2.24, 2.45) is 5.92 Å². The van der Waals surface area contributed by atoms with Gasteiger partial charge in [0.25, 0.3) is 0 Å². The monoisotopic (exact) mass is 230 g/mol. The number of fused-ring (bicyclic) bond motifs is 2. The summed E-state index contributed by atoms with van der Waals surface area (Å²) in [7, 11) is 0. The van der Waals surface area contributed by atoms with E-state index < -0.39 is 0 Å². The lowest BCUT2D eigenvalue weighted by Crippen LogP contribution is -2.34. The van der Waals surface area contributed by atoms with E-state index in [0.29, 0.717) is 12.0 Å². The number of allylic oxidation sites excluding steroid dienone is 1. The molecule has 2 saturated heterocycles. The second-order valence-corrected chi connectivity index (χ2v) is 5.15. The Morgan fingerprint density at radius 1 is 1.29 bits per heavy atom. The fraction of sp³-hybridized carbons (Fsp3) is 0.467. The van der Waals surface area contributed by atoms with E-state index in [1.165, 1.54) is 5.56 Å². The van der Waals surface area contributed by atoms with Gasteiger partial charge in [0.15, 0.2) is 5.79 Å². The Labute approximate surface area is 102 Å². The van der Waals surface area contributed by atoms with Crippen LogP contribution < -0.4 is 0 Å². The average Bonchev–Trinajstić information content (AvgIpc) is 2.62. The van der Waals surface area contributed by atoms with Crippen molar-refractivity contribution in [1.82, 2.24) is 0 Å². The number of hydrogen-bond acceptors (Lipinski definition) is 2. The van der Waals surface area contributed by atoms with Crippen LogP contribution in [0.15, 0.2) is 36.4 Å². The van der Waals surface area contributed by atoms with Gasteiger partial charge < -0.3 is 9.47 Å². The molecular formula is C15H18O2. The summed E-state index contributed by atoms with van der Waals surface area (Å²) in [6.45, 7) is 2.81. The second kappa shape index (κ2) is 4.28. The third-order valence-corrected chi connectivity index (χ3v) is 3.55. The van der Waals surface area contributed by atoms with Crippen LogP contribution in [0.2, 0.25) is 0 Å². The maximum Gasteiger partial charge on any atom is 0.166 e. The lowest BCUT2D eigenvalue weighted by molar-refractivity contribution is -0.182. The first-order valence-electron chi connectivity index (χ1n) is 6.29. The summed E-state index contributed by atoms with van der Waals surface area (Å²) in [5.41, 5.74) is 1.26. The Hall–Kier alpha value is -1.12. The first-order valence-corrected chi connectivity index (χ1v) is 6.29. The van der Waals surface area contributed by atoms with E-state index >= 15 is 0 Å². The smallest absolute Gasteiger partial charge is 0.166 e. The van der Waals surface area contributed by atoms with E-state index in [-0.39, 0.29) is 5.79 Å². The Bertz CT molecular complexity index is 412. The third kappa shape index (κ3) is 2.43. The molecule has 17 heavy (non-hydrogen) atoms. The minimum atomic E-state index is -0.339. The van der Waals surface area contributed by atoms with Gasteiger partial charge in [0.1, 0.15) is 0 Å². The minimum Gasteiger partial charge on any atom is -0.347 e. The van der Waals surface area contributed by atoms with Gasteiger partial charge in [0.05, 0.1) is 12.7 Å². The minimum absolute atomic E-state index is 0.291. The molecule has 0 saturated carbocycles. The highest BCUT2D eigenvalue weighted by molar-refractivity contribution is 5.49. The van der Waals surface area contributed by atoms with Crippen molar-refractivity contribution in [2.45, 2.75) is 31.7 Å². The summed E-state index contributed by atoms with van der Waals surface area (Å²) >= 11 is 0. The highest BCUT2D eigenvalue weighted by Gasteiger charge is 2.43. The number of hydrogen-bond donors (Lipinski definition) is 0. The van der Waals surface area contributed by atoms with E-state index in [0.717, 1.165) is 19.4 Å². The van der Waals surface area contributed by atoms with Crippen LogP contribution in [0.5, 0.6) is 0 Å². The molecule has 0 aromatic heterocycles. The number of rotatable bonds is 2. The zero-order chi connectivity index (χ0) is 11.7. The largest absolute Gasteiger partial charge is 0.347 e. The molecule has 2 fully saturated rings. The highest BCUT2D eigenvalue weighted by Crippen LogP contribution is 2.39. The van der Waals surface area contributed by atoms with Gasteiger partial charge in [0.2, 0.25) is 0 Å². The Morgan fingerprint density at radius 3 is 2.88 bits per heavy atom. The van der Waals surface area contributed by atoms with Crippen LogP contribution >= 0.6 is 0 Å². The van der Waals surface area contributed by atoms with E-state index in [1.807, 2.05) is 6.07 Å². The summed E-state index contributed by atoms with van der Waals surface area (Å²) in [5.74, 6) is 0.232. The maximum absolute atomic E-state index is 5.81. The summed E-state index contributed by atoms with van der Waals surface area (Å²) in [6, 6.07) is 10.4. The lowest BCUT2D eigenvalue weighted by Gasteiger charge is -2.32. The molecular weight excluding hydrogens is 212 g/mol. The van der Waals surface area contributed by atoms with E-state index in [2.05, 4.69) is 43.3 Å². The molecule has 0 aliphatic carbocycles. The molecule has 0 radical (unpaired) electrons. The van der Waals surface area contributed by atoms with Gasteiger partial charge in [-0.2, -0.15) is 0 Å². The van der Waals surface area contributed by atoms with Crippen molar-refractivity contribution in [3.8, 4) is 0 Å². The van der Waals surface area contributed by atoms with Crippen molar-refractivity contribution in [1.29, 1.82) is 0 Å². The van der Waals surface area contributed by atoms with Gasteiger partial charge >= 0.3 is 0 Å². The zero-order valence-electron chi connectivity index (χ0n) is 10.1. The first kappa shape index (κ1) is 11.0. The van der Waals surface area contributed by atoms with Crippen LogP contribution in [0.3, 0.4) is 0 Å². The molecule has 1 aromatic carbocycles. The van der Waals surface area contributed by atoms with Crippen LogP contribution in [0.25, 0.3) is 6.08 Å². The molecule has 0 unspecified atom stereocenters. The molecule has 0 amide bonds. The van der Waals surface area contributed by atoms with Crippen molar-refractivity contribution in [3.05, 3.63) is 42.0 Å². The van der Waals surface area contributed by atoms with Gasteiger partial charge in [-0.1, -0.05) is 42.5 Å². The molecule has 90 valence electrons. The summed E-state index contributed by atoms with van der Waals surface area (Å²) in [5, 5.41) is 0. The molecule has 2 bridgehead atoms. The van der Waals surface area contributed by atoms with Crippen molar-refractivity contribution in [3.63, 3.8) is 0 Å². The predicted octanol–water partition coefficient (Wildman–Crippen LogP) is 3.24. The zero-order valence-corrected chi connectivity index (χ0v) is 10.1. The van der Waals surface area contributed by atoms with Gasteiger partial charge in [-0.25, -0.2) is 0 Å². The molecule has 2 nitrogen and oxygen atoms in total. The van der Waals surface area contributed by atoms with Crippen molar-refractivity contribution >= 4 is 6.08 Å². The molecule has 2 aliphatic rings. The van der Waals surface area contributed by atoms with Crippen LogP contribution in [-0.4, -0.2) is 18.5 Å². The number of ether oxygens (including phenoxy) is 2. The van der Waals surface area contributed by atoms with E-state index in [9.17, 15) is 0 Å². The van der Waals surface area contributed by atoms with Crippen LogP contribution in [0.1, 0.15) is 25.3 Å². The third-order valence-electron chi connectivity index (χ3n) is 3.55. The second-order valence-electron chi connectivity index (χ2n) is 5.15. The molecule has 1 aromatic rings. The SMILES string of the molecule is C[C@]12C[C@@H](/C=C/c3ccccc3)C[C@H](CO1)O2. The van der Waals surface area contributed by atoms with Crippen molar-refractivity contribution in [2.75, 3.05) is 6.61 Å². The summed E-state index contributed by atoms with van der Waals surface area (Å²) < 4.78 is 11.5. The molecule has 0 spiro atoms. The molecule has 3 rings (SSSR count). The highest BCUT2D eigenvalue weighted by atomic mass is 16.7. The van der Waals surface area contributed by atoms with Gasteiger partial charge in [-0.3, -0.25) is 0 Å². The molecule has 3 atom stereocenters. The summed E-state index contributed by atoms with van der Waals surface area (Å²) in [4.78, 5) is 0. The fourth-order valence-electron chi connectivity index (χ4n) is 2.77. The Morgan fingerprint density at radius 2 is 2.12 bits per heavy atom. The predicted molar refractivity (Wildman–Crippen MR) is 67.4 cm³/mol.